The van der Waals surface area contributed by atoms with Crippen molar-refractivity contribution in [3.05, 3.63) is 28.2 Å². The monoisotopic (exact) mass is 359 g/mol. The van der Waals surface area contributed by atoms with E-state index in [0.29, 0.717) is 5.69 Å². The molecular formula is C11H13N5O5S2. The number of hydrogen-bond donors (Lipinski definition) is 3. The van der Waals surface area contributed by atoms with Crippen LogP contribution in [-0.4, -0.2) is 47.4 Å². The molecule has 10 nitrogen and oxygen atoms in total. The van der Waals surface area contributed by atoms with E-state index >= 15 is 0 Å². The van der Waals surface area contributed by atoms with E-state index in [-0.39, 0.29) is 22.9 Å². The SMILES string of the molecule is CNS(=O)(=O)c1csc(C(=O)NCc2cn(CC(=O)O)nn2)c1. The van der Waals surface area contributed by atoms with Gasteiger partial charge in [0.15, 0.2) is 0 Å². The topological polar surface area (TPSA) is 143 Å². The van der Waals surface area contributed by atoms with Crippen LogP contribution in [0.3, 0.4) is 0 Å². The van der Waals surface area contributed by atoms with Gasteiger partial charge in [0.2, 0.25) is 10.0 Å². The molecule has 0 bridgehead atoms. The zero-order chi connectivity index (χ0) is 17.0. The number of nitrogens with one attached hydrogen (secondary N) is 2. The number of aromatic nitrogens is 3. The number of carboxylic acids is 1. The number of hydrogen-bond acceptors (Lipinski definition) is 7. The van der Waals surface area contributed by atoms with Crippen molar-refractivity contribution >= 4 is 33.2 Å². The molecule has 2 heterocycles. The first-order chi connectivity index (χ1) is 10.8. The van der Waals surface area contributed by atoms with Gasteiger partial charge in [0.1, 0.15) is 12.2 Å². The van der Waals surface area contributed by atoms with Crippen LogP contribution in [0, 0.1) is 0 Å². The van der Waals surface area contributed by atoms with Crippen molar-refractivity contribution in [2.75, 3.05) is 7.05 Å². The van der Waals surface area contributed by atoms with Gasteiger partial charge in [0.25, 0.3) is 5.91 Å². The number of carbonyl (C=O) groups excluding carboxylic acids is 1. The van der Waals surface area contributed by atoms with Crippen LogP contribution in [0.2, 0.25) is 0 Å². The van der Waals surface area contributed by atoms with E-state index in [1.807, 2.05) is 0 Å². The van der Waals surface area contributed by atoms with Crippen molar-refractivity contribution < 1.29 is 23.1 Å². The molecule has 12 heteroatoms. The van der Waals surface area contributed by atoms with Crippen LogP contribution >= 0.6 is 11.3 Å². The quantitative estimate of drug-likeness (QED) is 0.591. The lowest BCUT2D eigenvalue weighted by Gasteiger charge is -2.00. The van der Waals surface area contributed by atoms with Crippen LogP contribution in [0.15, 0.2) is 22.5 Å². The van der Waals surface area contributed by atoms with E-state index in [1.54, 1.807) is 0 Å². The minimum absolute atomic E-state index is 0.0163. The molecule has 0 aromatic carbocycles. The van der Waals surface area contributed by atoms with Crippen LogP contribution in [0.5, 0.6) is 0 Å². The molecule has 0 atom stereocenters. The fourth-order valence-electron chi connectivity index (χ4n) is 1.59. The van der Waals surface area contributed by atoms with E-state index < -0.39 is 21.9 Å². The van der Waals surface area contributed by atoms with E-state index in [2.05, 4.69) is 20.4 Å². The average molecular weight is 359 g/mol. The molecule has 124 valence electrons. The van der Waals surface area contributed by atoms with E-state index in [1.165, 1.54) is 24.7 Å². The Balaban J connectivity index is 1.97. The molecule has 0 saturated carbocycles. The smallest absolute Gasteiger partial charge is 0.325 e. The molecule has 2 aromatic heterocycles. The summed E-state index contributed by atoms with van der Waals surface area (Å²) in [4.78, 5) is 22.7. The van der Waals surface area contributed by atoms with E-state index in [9.17, 15) is 18.0 Å². The number of thiophene rings is 1. The fourth-order valence-corrected chi connectivity index (χ4v) is 3.51. The Hall–Kier alpha value is -2.31. The Labute approximate surface area is 135 Å². The van der Waals surface area contributed by atoms with Gasteiger partial charge in [-0.3, -0.25) is 9.59 Å². The molecule has 0 fully saturated rings. The number of nitrogens with zero attached hydrogens (tertiary/aromatic N) is 3. The molecule has 0 spiro atoms. The molecule has 0 radical (unpaired) electrons. The van der Waals surface area contributed by atoms with E-state index in [4.69, 9.17) is 5.11 Å². The Morgan fingerprint density at radius 3 is 2.83 bits per heavy atom. The van der Waals surface area contributed by atoms with Crippen molar-refractivity contribution in [3.8, 4) is 0 Å². The summed E-state index contributed by atoms with van der Waals surface area (Å²) < 4.78 is 26.5. The maximum atomic E-state index is 12.0. The molecule has 0 aliphatic rings. The van der Waals surface area contributed by atoms with Crippen LogP contribution < -0.4 is 10.0 Å². The summed E-state index contributed by atoms with van der Waals surface area (Å²) in [7, 11) is -2.30. The predicted octanol–water partition coefficient (Wildman–Crippen LogP) is -0.738. The fraction of sp³-hybridized carbons (Fsp3) is 0.273. The maximum absolute atomic E-state index is 12.0. The van der Waals surface area contributed by atoms with Gasteiger partial charge in [-0.2, -0.15) is 0 Å². The Morgan fingerprint density at radius 2 is 2.17 bits per heavy atom. The minimum Gasteiger partial charge on any atom is -0.480 e. The standard InChI is InChI=1S/C11H13N5O5S2/c1-12-23(20,21)8-2-9(22-6-8)11(19)13-3-7-4-16(15-14-7)5-10(17)18/h2,4,6,12H,3,5H2,1H3,(H,13,19)(H,17,18). The summed E-state index contributed by atoms with van der Waals surface area (Å²) in [5, 5.41) is 19.9. The third-order valence-corrected chi connectivity index (χ3v) is 5.16. The second kappa shape index (κ2) is 6.85. The molecule has 0 saturated heterocycles. The number of amides is 1. The lowest BCUT2D eigenvalue weighted by atomic mass is 10.4. The third kappa shape index (κ3) is 4.34. The first kappa shape index (κ1) is 17.1. The average Bonchev–Trinajstić information content (AvgIpc) is 3.13. The maximum Gasteiger partial charge on any atom is 0.325 e. The molecule has 2 rings (SSSR count). The molecule has 1 amide bonds. The van der Waals surface area contributed by atoms with Gasteiger partial charge in [-0.25, -0.2) is 17.8 Å². The summed E-state index contributed by atoms with van der Waals surface area (Å²) in [6.45, 7) is -0.276. The lowest BCUT2D eigenvalue weighted by Crippen LogP contribution is -2.22. The molecule has 2 aromatic rings. The van der Waals surface area contributed by atoms with Crippen molar-refractivity contribution in [1.82, 2.24) is 25.0 Å². The summed E-state index contributed by atoms with van der Waals surface area (Å²) in [5.41, 5.74) is 0.388. The third-order valence-electron chi connectivity index (χ3n) is 2.69. The Bertz CT molecular complexity index is 825. The summed E-state index contributed by atoms with van der Waals surface area (Å²) in [6.07, 6.45) is 1.40. The first-order valence-electron chi connectivity index (χ1n) is 6.23. The van der Waals surface area contributed by atoms with Crippen LogP contribution in [0.1, 0.15) is 15.4 Å². The molecular weight excluding hydrogens is 346 g/mol. The van der Waals surface area contributed by atoms with Crippen LogP contribution in [-0.2, 0) is 27.9 Å². The number of carbonyl (C=O) groups is 2. The van der Waals surface area contributed by atoms with Gasteiger partial charge in [-0.1, -0.05) is 5.21 Å². The second-order valence-corrected chi connectivity index (χ2v) is 7.14. The highest BCUT2D eigenvalue weighted by molar-refractivity contribution is 7.89. The van der Waals surface area contributed by atoms with Gasteiger partial charge in [-0.15, -0.1) is 16.4 Å². The Morgan fingerprint density at radius 1 is 1.43 bits per heavy atom. The van der Waals surface area contributed by atoms with Crippen molar-refractivity contribution in [1.29, 1.82) is 0 Å². The Kier molecular flexibility index (Phi) is 5.08. The first-order valence-corrected chi connectivity index (χ1v) is 8.59. The number of carboxylic acid groups (broad SMARTS) is 1. The summed E-state index contributed by atoms with van der Waals surface area (Å²) in [6, 6.07) is 1.27. The summed E-state index contributed by atoms with van der Waals surface area (Å²) in [5.74, 6) is -1.51. The highest BCUT2D eigenvalue weighted by atomic mass is 32.2. The van der Waals surface area contributed by atoms with Gasteiger partial charge < -0.3 is 10.4 Å². The normalized spacial score (nSPS) is 11.3. The number of sulfonamides is 1. The largest absolute Gasteiger partial charge is 0.480 e. The molecule has 23 heavy (non-hydrogen) atoms. The van der Waals surface area contributed by atoms with Gasteiger partial charge >= 0.3 is 5.97 Å². The second-order valence-electron chi connectivity index (χ2n) is 4.34. The van der Waals surface area contributed by atoms with Gasteiger partial charge in [0, 0.05) is 5.38 Å². The number of rotatable bonds is 7. The summed E-state index contributed by atoms with van der Waals surface area (Å²) >= 11 is 0.998. The number of aliphatic carboxylic acids is 1. The van der Waals surface area contributed by atoms with Crippen molar-refractivity contribution in [3.63, 3.8) is 0 Å². The molecule has 0 unspecified atom stereocenters. The van der Waals surface area contributed by atoms with Gasteiger partial charge in [0.05, 0.1) is 22.5 Å². The minimum atomic E-state index is -3.59. The van der Waals surface area contributed by atoms with Gasteiger partial charge in [-0.05, 0) is 13.1 Å². The van der Waals surface area contributed by atoms with Crippen LogP contribution in [0.25, 0.3) is 0 Å². The molecule has 0 aliphatic carbocycles. The highest BCUT2D eigenvalue weighted by Gasteiger charge is 2.17. The van der Waals surface area contributed by atoms with Crippen LogP contribution in [0.4, 0.5) is 0 Å². The molecule has 0 aliphatic heterocycles. The van der Waals surface area contributed by atoms with Crippen molar-refractivity contribution in [2.45, 2.75) is 18.0 Å². The lowest BCUT2D eigenvalue weighted by molar-refractivity contribution is -0.137. The predicted molar refractivity (Wildman–Crippen MR) is 79.4 cm³/mol. The van der Waals surface area contributed by atoms with Crippen molar-refractivity contribution in [2.24, 2.45) is 0 Å². The highest BCUT2D eigenvalue weighted by Crippen LogP contribution is 2.18. The zero-order valence-corrected chi connectivity index (χ0v) is 13.5. The molecule has 3 N–H and O–H groups in total. The van der Waals surface area contributed by atoms with E-state index in [0.717, 1.165) is 16.0 Å². The zero-order valence-electron chi connectivity index (χ0n) is 11.9.